The van der Waals surface area contributed by atoms with Crippen LogP contribution in [-0.2, 0) is 9.53 Å². The van der Waals surface area contributed by atoms with E-state index in [9.17, 15) is 18.8 Å². The molecular weight excluding hydrogens is 289 g/mol. The number of hydrogen-bond donors (Lipinski definition) is 0. The number of esters is 1. The largest absolute Gasteiger partial charge is 0.469 e. The summed E-state index contributed by atoms with van der Waals surface area (Å²) in [6, 6.07) is 3.39. The molecule has 1 aromatic rings. The van der Waals surface area contributed by atoms with Crippen LogP contribution in [0.1, 0.15) is 40.0 Å². The minimum Gasteiger partial charge on any atom is -0.469 e. The molecule has 6 heteroatoms. The summed E-state index contributed by atoms with van der Waals surface area (Å²) in [5.41, 5.74) is 0.341. The molecule has 2 aliphatic rings. The molecule has 1 fully saturated rings. The van der Waals surface area contributed by atoms with Gasteiger partial charge in [-0.15, -0.1) is 0 Å². The summed E-state index contributed by atoms with van der Waals surface area (Å²) in [4.78, 5) is 38.3. The quantitative estimate of drug-likeness (QED) is 0.742. The molecule has 0 spiro atoms. The molecule has 1 amide bonds. The van der Waals surface area contributed by atoms with Gasteiger partial charge in [-0.3, -0.25) is 14.4 Å². The van der Waals surface area contributed by atoms with Gasteiger partial charge in [0, 0.05) is 24.6 Å². The molecule has 0 aliphatic carbocycles. The number of methoxy groups -OCH3 is 1. The van der Waals surface area contributed by atoms with Crippen LogP contribution in [0.5, 0.6) is 0 Å². The van der Waals surface area contributed by atoms with Crippen LogP contribution in [-0.4, -0.2) is 42.3 Å². The molecular formula is C16H16FNO4. The number of fused-ring (bicyclic) bond motifs is 2. The van der Waals surface area contributed by atoms with Crippen molar-refractivity contribution in [3.8, 4) is 0 Å². The molecule has 0 N–H and O–H groups in total. The molecule has 5 nitrogen and oxygen atoms in total. The average molecular weight is 305 g/mol. The third-order valence-electron chi connectivity index (χ3n) is 4.44. The number of rotatable bonds is 1. The summed E-state index contributed by atoms with van der Waals surface area (Å²) in [5, 5.41) is 0. The molecule has 116 valence electrons. The number of Topliss-reactive ketones (excluding diaryl/α,β-unsaturated/α-hetero) is 1. The summed E-state index contributed by atoms with van der Waals surface area (Å²) in [7, 11) is 1.32. The Morgan fingerprint density at radius 1 is 1.27 bits per heavy atom. The van der Waals surface area contributed by atoms with Gasteiger partial charge in [0.25, 0.3) is 5.91 Å². The molecule has 1 unspecified atom stereocenters. The topological polar surface area (TPSA) is 63.7 Å². The van der Waals surface area contributed by atoms with Crippen LogP contribution < -0.4 is 0 Å². The number of carbonyl (C=O) groups excluding carboxylic acids is 3. The molecule has 0 bridgehead atoms. The fraction of sp³-hybridized carbons (Fsp3) is 0.438. The van der Waals surface area contributed by atoms with Crippen molar-refractivity contribution in [1.29, 1.82) is 0 Å². The van der Waals surface area contributed by atoms with Crippen LogP contribution >= 0.6 is 0 Å². The van der Waals surface area contributed by atoms with Gasteiger partial charge in [-0.2, -0.15) is 0 Å². The van der Waals surface area contributed by atoms with Crippen molar-refractivity contribution < 1.29 is 23.5 Å². The number of ketones is 1. The maximum atomic E-state index is 13.4. The molecule has 0 radical (unpaired) electrons. The lowest BCUT2D eigenvalue weighted by molar-refractivity contribution is -0.147. The summed E-state index contributed by atoms with van der Waals surface area (Å²) in [5.74, 6) is -1.80. The Morgan fingerprint density at radius 2 is 2.05 bits per heavy atom. The van der Waals surface area contributed by atoms with Gasteiger partial charge < -0.3 is 9.64 Å². The Hall–Kier alpha value is -2.24. The maximum Gasteiger partial charge on any atom is 0.310 e. The highest BCUT2D eigenvalue weighted by Crippen LogP contribution is 2.31. The van der Waals surface area contributed by atoms with Crippen molar-refractivity contribution in [1.82, 2.24) is 4.90 Å². The molecule has 22 heavy (non-hydrogen) atoms. The van der Waals surface area contributed by atoms with Crippen LogP contribution in [0, 0.1) is 11.7 Å². The third-order valence-corrected chi connectivity index (χ3v) is 4.44. The Kier molecular flexibility index (Phi) is 3.68. The zero-order valence-corrected chi connectivity index (χ0v) is 12.2. The van der Waals surface area contributed by atoms with Crippen molar-refractivity contribution >= 4 is 17.7 Å². The molecule has 1 aromatic carbocycles. The molecule has 3 rings (SSSR count). The van der Waals surface area contributed by atoms with Gasteiger partial charge in [-0.05, 0) is 31.0 Å². The fourth-order valence-electron chi connectivity index (χ4n) is 3.26. The average Bonchev–Trinajstić information content (AvgIpc) is 2.62. The van der Waals surface area contributed by atoms with Crippen LogP contribution in [0.3, 0.4) is 0 Å². The van der Waals surface area contributed by atoms with E-state index in [1.54, 1.807) is 4.90 Å². The van der Waals surface area contributed by atoms with E-state index in [-0.39, 0.29) is 53.7 Å². The molecule has 2 heterocycles. The van der Waals surface area contributed by atoms with Crippen molar-refractivity contribution in [3.05, 3.63) is 35.1 Å². The number of amides is 1. The van der Waals surface area contributed by atoms with Crippen molar-refractivity contribution in [2.45, 2.75) is 25.3 Å². The van der Waals surface area contributed by atoms with E-state index in [0.29, 0.717) is 12.8 Å². The standard InChI is InChI=1S/C16H16FNO4/c1-22-16(21)9-2-4-11-7-14(19)13-6-10(17)3-5-12(13)15(20)18(11)8-9/h3,5-6,9,11H,2,4,7-8H2,1H3/t9?,11-/m0/s1. The second-order valence-corrected chi connectivity index (χ2v) is 5.73. The second-order valence-electron chi connectivity index (χ2n) is 5.73. The Bertz CT molecular complexity index is 658. The van der Waals surface area contributed by atoms with Crippen molar-refractivity contribution in [3.63, 3.8) is 0 Å². The normalized spacial score (nSPS) is 24.4. The van der Waals surface area contributed by atoms with Gasteiger partial charge in [-0.25, -0.2) is 4.39 Å². The van der Waals surface area contributed by atoms with E-state index >= 15 is 0 Å². The van der Waals surface area contributed by atoms with E-state index in [4.69, 9.17) is 4.74 Å². The molecule has 0 aromatic heterocycles. The van der Waals surface area contributed by atoms with Crippen molar-refractivity contribution in [2.75, 3.05) is 13.7 Å². The van der Waals surface area contributed by atoms with Crippen LogP contribution in [0.15, 0.2) is 18.2 Å². The smallest absolute Gasteiger partial charge is 0.310 e. The number of benzene rings is 1. The first-order chi connectivity index (χ1) is 10.5. The zero-order valence-electron chi connectivity index (χ0n) is 12.2. The van der Waals surface area contributed by atoms with Gasteiger partial charge >= 0.3 is 5.97 Å². The lowest BCUT2D eigenvalue weighted by Gasteiger charge is -2.37. The second kappa shape index (κ2) is 5.51. The number of carbonyl (C=O) groups is 3. The highest BCUT2D eigenvalue weighted by Gasteiger charge is 2.40. The van der Waals surface area contributed by atoms with E-state index in [2.05, 4.69) is 0 Å². The SMILES string of the molecule is COC(=O)C1CC[C@H]2CC(=O)c3cc(F)ccc3C(=O)N2C1. The first-order valence-electron chi connectivity index (χ1n) is 7.23. The van der Waals surface area contributed by atoms with E-state index in [1.807, 2.05) is 0 Å². The summed E-state index contributed by atoms with van der Waals surface area (Å²) >= 11 is 0. The Labute approximate surface area is 127 Å². The molecule has 0 saturated carbocycles. The van der Waals surface area contributed by atoms with Gasteiger partial charge in [0.15, 0.2) is 5.78 Å². The monoisotopic (exact) mass is 305 g/mol. The van der Waals surface area contributed by atoms with Crippen LogP contribution in [0.4, 0.5) is 4.39 Å². The van der Waals surface area contributed by atoms with Crippen LogP contribution in [0.25, 0.3) is 0 Å². The highest BCUT2D eigenvalue weighted by atomic mass is 19.1. The number of nitrogens with zero attached hydrogens (tertiary/aromatic N) is 1. The Morgan fingerprint density at radius 3 is 2.77 bits per heavy atom. The third kappa shape index (κ3) is 2.38. The number of hydrogen-bond acceptors (Lipinski definition) is 4. The first-order valence-corrected chi connectivity index (χ1v) is 7.23. The molecule has 1 saturated heterocycles. The maximum absolute atomic E-state index is 13.4. The first kappa shape index (κ1) is 14.7. The lowest BCUT2D eigenvalue weighted by Crippen LogP contribution is -2.48. The summed E-state index contributed by atoms with van der Waals surface area (Å²) in [6.07, 6.45) is 1.31. The van der Waals surface area contributed by atoms with Crippen molar-refractivity contribution in [2.24, 2.45) is 5.92 Å². The van der Waals surface area contributed by atoms with Gasteiger partial charge in [0.1, 0.15) is 5.82 Å². The number of piperidine rings is 1. The number of halogens is 1. The van der Waals surface area contributed by atoms with Gasteiger partial charge in [0.05, 0.1) is 18.6 Å². The highest BCUT2D eigenvalue weighted by molar-refractivity contribution is 6.10. The lowest BCUT2D eigenvalue weighted by atomic mass is 9.90. The predicted molar refractivity (Wildman–Crippen MR) is 74.9 cm³/mol. The minimum absolute atomic E-state index is 0.133. The van der Waals surface area contributed by atoms with E-state index < -0.39 is 5.82 Å². The molecule has 2 aliphatic heterocycles. The molecule has 2 atom stereocenters. The van der Waals surface area contributed by atoms with Gasteiger partial charge in [-0.1, -0.05) is 0 Å². The summed E-state index contributed by atoms with van der Waals surface area (Å²) in [6.45, 7) is 0.236. The van der Waals surface area contributed by atoms with Gasteiger partial charge in [0.2, 0.25) is 0 Å². The van der Waals surface area contributed by atoms with E-state index in [1.165, 1.54) is 19.2 Å². The fourth-order valence-corrected chi connectivity index (χ4v) is 3.26. The predicted octanol–water partition coefficient (Wildman–Crippen LogP) is 1.81. The summed E-state index contributed by atoms with van der Waals surface area (Å²) < 4.78 is 18.1. The number of ether oxygens (including phenoxy) is 1. The minimum atomic E-state index is -0.535. The van der Waals surface area contributed by atoms with Crippen LogP contribution in [0.2, 0.25) is 0 Å². The Balaban J connectivity index is 1.96. The van der Waals surface area contributed by atoms with E-state index in [0.717, 1.165) is 6.07 Å². The zero-order chi connectivity index (χ0) is 15.9.